The van der Waals surface area contributed by atoms with Gasteiger partial charge in [0.25, 0.3) is 5.91 Å². The fourth-order valence-electron chi connectivity index (χ4n) is 2.25. The highest BCUT2D eigenvalue weighted by Gasteiger charge is 2.33. The number of carbonyl (C=O) groups excluding carboxylic acids is 1. The van der Waals surface area contributed by atoms with Gasteiger partial charge in [0.2, 0.25) is 0 Å². The molecule has 0 spiro atoms. The van der Waals surface area contributed by atoms with Crippen LogP contribution < -0.4 is 10.6 Å². The summed E-state index contributed by atoms with van der Waals surface area (Å²) < 4.78 is 39.3. The average Bonchev–Trinajstić information content (AvgIpc) is 2.59. The summed E-state index contributed by atoms with van der Waals surface area (Å²) in [4.78, 5) is 12.3. The van der Waals surface area contributed by atoms with Gasteiger partial charge in [-0.1, -0.05) is 23.7 Å². The minimum absolute atomic E-state index is 0.0787. The number of nitriles is 1. The van der Waals surface area contributed by atoms with Gasteiger partial charge >= 0.3 is 6.18 Å². The zero-order valence-electron chi connectivity index (χ0n) is 14.4. The van der Waals surface area contributed by atoms with E-state index < -0.39 is 17.6 Å². The Labute approximate surface area is 159 Å². The van der Waals surface area contributed by atoms with Crippen molar-refractivity contribution in [3.05, 3.63) is 69.9 Å². The molecule has 0 atom stereocenters. The highest BCUT2D eigenvalue weighted by Crippen LogP contribution is 2.36. The van der Waals surface area contributed by atoms with Crippen molar-refractivity contribution in [1.82, 2.24) is 0 Å². The van der Waals surface area contributed by atoms with Crippen LogP contribution in [0.15, 0.2) is 48.2 Å². The number of nitrogens with one attached hydrogen (secondary N) is 2. The number of halogens is 4. The zero-order chi connectivity index (χ0) is 20.2. The van der Waals surface area contributed by atoms with Crippen LogP contribution in [0.1, 0.15) is 16.7 Å². The van der Waals surface area contributed by atoms with Crippen molar-refractivity contribution in [2.75, 3.05) is 10.6 Å². The Morgan fingerprint density at radius 3 is 2.52 bits per heavy atom. The molecule has 0 aromatic heterocycles. The van der Waals surface area contributed by atoms with Crippen molar-refractivity contribution < 1.29 is 18.0 Å². The number of hydrogen-bond donors (Lipinski definition) is 2. The summed E-state index contributed by atoms with van der Waals surface area (Å²) in [6, 6.07) is 10.1. The molecule has 0 aliphatic rings. The maximum Gasteiger partial charge on any atom is 0.418 e. The second-order valence-corrected chi connectivity index (χ2v) is 6.14. The van der Waals surface area contributed by atoms with Gasteiger partial charge in [0.1, 0.15) is 11.6 Å². The number of rotatable bonds is 4. The summed E-state index contributed by atoms with van der Waals surface area (Å²) in [6.07, 6.45) is -3.71. The highest BCUT2D eigenvalue weighted by atomic mass is 35.5. The quantitative estimate of drug-likeness (QED) is 0.537. The van der Waals surface area contributed by atoms with Crippen LogP contribution in [0.3, 0.4) is 0 Å². The second-order valence-electron chi connectivity index (χ2n) is 5.70. The molecule has 2 aromatic carbocycles. The summed E-state index contributed by atoms with van der Waals surface area (Å²) in [5.74, 6) is -0.735. The van der Waals surface area contributed by atoms with E-state index in [1.165, 1.54) is 6.07 Å². The van der Waals surface area contributed by atoms with Crippen molar-refractivity contribution in [2.45, 2.75) is 20.0 Å². The topological polar surface area (TPSA) is 64.9 Å². The molecule has 0 radical (unpaired) electrons. The highest BCUT2D eigenvalue weighted by molar-refractivity contribution is 6.30. The standard InChI is InChI=1S/C19H15ClF3N3O/c1-11-4-3-5-16(12(11)2)26-18(27)13(9-24)10-25-17-7-6-14(20)8-15(17)19(21,22)23/h3-8,10,25H,1-2H3,(H,26,27)/b13-10-. The molecule has 2 rings (SSSR count). The predicted molar refractivity (Wildman–Crippen MR) is 98.3 cm³/mol. The van der Waals surface area contributed by atoms with Gasteiger partial charge in [-0.3, -0.25) is 4.79 Å². The lowest BCUT2D eigenvalue weighted by Crippen LogP contribution is -2.16. The van der Waals surface area contributed by atoms with Crippen molar-refractivity contribution in [1.29, 1.82) is 5.26 Å². The first-order valence-electron chi connectivity index (χ1n) is 7.74. The van der Waals surface area contributed by atoms with E-state index in [2.05, 4.69) is 10.6 Å². The maximum absolute atomic E-state index is 13.1. The molecule has 8 heteroatoms. The van der Waals surface area contributed by atoms with E-state index in [-0.39, 0.29) is 16.3 Å². The van der Waals surface area contributed by atoms with Gasteiger partial charge in [-0.05, 0) is 49.2 Å². The SMILES string of the molecule is Cc1cccc(NC(=O)/C(C#N)=C\Nc2ccc(Cl)cc2C(F)(F)F)c1C. The fourth-order valence-corrected chi connectivity index (χ4v) is 2.42. The monoisotopic (exact) mass is 393 g/mol. The molecule has 2 N–H and O–H groups in total. The van der Waals surface area contributed by atoms with Crippen LogP contribution in [-0.2, 0) is 11.0 Å². The zero-order valence-corrected chi connectivity index (χ0v) is 15.2. The molecule has 1 amide bonds. The average molecular weight is 394 g/mol. The molecule has 0 saturated carbocycles. The molecule has 0 bridgehead atoms. The normalized spacial score (nSPS) is 11.7. The largest absolute Gasteiger partial charge is 0.418 e. The summed E-state index contributed by atoms with van der Waals surface area (Å²) >= 11 is 5.62. The molecule has 0 aliphatic heterocycles. The number of alkyl halides is 3. The lowest BCUT2D eigenvalue weighted by atomic mass is 10.1. The molecule has 140 valence electrons. The minimum atomic E-state index is -4.64. The fraction of sp³-hybridized carbons (Fsp3) is 0.158. The van der Waals surface area contributed by atoms with Crippen LogP contribution >= 0.6 is 11.6 Å². The Morgan fingerprint density at radius 2 is 1.89 bits per heavy atom. The number of nitrogens with zero attached hydrogens (tertiary/aromatic N) is 1. The van der Waals surface area contributed by atoms with Crippen LogP contribution in [0.25, 0.3) is 0 Å². The molecular weight excluding hydrogens is 379 g/mol. The molecule has 0 heterocycles. The third-order valence-corrected chi connectivity index (χ3v) is 4.11. The van der Waals surface area contributed by atoms with Crippen molar-refractivity contribution >= 4 is 28.9 Å². The van der Waals surface area contributed by atoms with E-state index in [0.29, 0.717) is 5.69 Å². The first kappa shape index (κ1) is 20.3. The van der Waals surface area contributed by atoms with Gasteiger partial charge in [-0.2, -0.15) is 18.4 Å². The van der Waals surface area contributed by atoms with Crippen LogP contribution in [0.5, 0.6) is 0 Å². The van der Waals surface area contributed by atoms with Gasteiger partial charge in [-0.15, -0.1) is 0 Å². The van der Waals surface area contributed by atoms with Crippen LogP contribution in [0, 0.1) is 25.2 Å². The van der Waals surface area contributed by atoms with E-state index >= 15 is 0 Å². The third kappa shape index (κ3) is 5.02. The van der Waals surface area contributed by atoms with Gasteiger partial charge in [-0.25, -0.2) is 0 Å². The Morgan fingerprint density at radius 1 is 1.19 bits per heavy atom. The lowest BCUT2D eigenvalue weighted by molar-refractivity contribution is -0.136. The number of carbonyl (C=O) groups is 1. The number of aryl methyl sites for hydroxylation is 1. The summed E-state index contributed by atoms with van der Waals surface area (Å²) in [7, 11) is 0. The van der Waals surface area contributed by atoms with Gasteiger partial charge in [0.05, 0.1) is 11.3 Å². The van der Waals surface area contributed by atoms with E-state index in [0.717, 1.165) is 29.5 Å². The predicted octanol–water partition coefficient (Wildman–Crippen LogP) is 5.43. The van der Waals surface area contributed by atoms with E-state index in [1.807, 2.05) is 19.9 Å². The molecule has 0 aliphatic carbocycles. The number of hydrogen-bond acceptors (Lipinski definition) is 3. The van der Waals surface area contributed by atoms with Crippen molar-refractivity contribution in [3.8, 4) is 6.07 Å². The van der Waals surface area contributed by atoms with Crippen LogP contribution in [-0.4, -0.2) is 5.91 Å². The molecule has 4 nitrogen and oxygen atoms in total. The lowest BCUT2D eigenvalue weighted by Gasteiger charge is -2.13. The molecule has 2 aromatic rings. The number of benzene rings is 2. The van der Waals surface area contributed by atoms with Gasteiger partial charge in [0, 0.05) is 16.9 Å². The number of amides is 1. The first-order chi connectivity index (χ1) is 12.6. The summed E-state index contributed by atoms with van der Waals surface area (Å²) in [5, 5.41) is 14.1. The summed E-state index contributed by atoms with van der Waals surface area (Å²) in [6.45, 7) is 3.68. The Hall–Kier alpha value is -2.98. The number of anilines is 2. The van der Waals surface area contributed by atoms with Gasteiger partial charge < -0.3 is 10.6 Å². The Balaban J connectivity index is 2.26. The Kier molecular flexibility index (Phi) is 6.13. The van der Waals surface area contributed by atoms with Crippen molar-refractivity contribution in [3.63, 3.8) is 0 Å². The molecule has 0 unspecified atom stereocenters. The minimum Gasteiger partial charge on any atom is -0.360 e. The van der Waals surface area contributed by atoms with E-state index in [1.54, 1.807) is 18.2 Å². The Bertz CT molecular complexity index is 946. The first-order valence-corrected chi connectivity index (χ1v) is 8.12. The molecule has 0 fully saturated rings. The second kappa shape index (κ2) is 8.14. The molecule has 27 heavy (non-hydrogen) atoms. The van der Waals surface area contributed by atoms with Crippen LogP contribution in [0.4, 0.5) is 24.5 Å². The van der Waals surface area contributed by atoms with Gasteiger partial charge in [0.15, 0.2) is 0 Å². The van der Waals surface area contributed by atoms with Crippen LogP contribution in [0.2, 0.25) is 5.02 Å². The molecular formula is C19H15ClF3N3O. The third-order valence-electron chi connectivity index (χ3n) is 3.88. The maximum atomic E-state index is 13.1. The summed E-state index contributed by atoms with van der Waals surface area (Å²) in [5.41, 5.74) is 0.595. The smallest absolute Gasteiger partial charge is 0.360 e. The van der Waals surface area contributed by atoms with Crippen molar-refractivity contribution in [2.24, 2.45) is 0 Å². The van der Waals surface area contributed by atoms with E-state index in [9.17, 15) is 23.2 Å². The van der Waals surface area contributed by atoms with E-state index in [4.69, 9.17) is 11.6 Å². The molecule has 0 saturated heterocycles.